The average Bonchev–Trinajstić information content (AvgIpc) is 3.38. The molecular weight excluding hydrogens is 533 g/mol. The second-order valence-corrected chi connectivity index (χ2v) is 10.6. The Morgan fingerprint density at radius 1 is 1.02 bits per heavy atom. The van der Waals surface area contributed by atoms with E-state index in [4.69, 9.17) is 4.74 Å². The van der Waals surface area contributed by atoms with E-state index in [1.165, 1.54) is 6.07 Å². The van der Waals surface area contributed by atoms with Gasteiger partial charge in [-0.25, -0.2) is 9.97 Å². The van der Waals surface area contributed by atoms with E-state index in [-0.39, 0.29) is 24.9 Å². The summed E-state index contributed by atoms with van der Waals surface area (Å²) in [5.74, 6) is 0.660. The number of rotatable bonds is 5. The number of aromatic nitrogens is 3. The Labute approximate surface area is 236 Å². The van der Waals surface area contributed by atoms with Gasteiger partial charge in [-0.2, -0.15) is 13.2 Å². The maximum atomic E-state index is 14.0. The number of carbonyl (C=O) groups is 1. The molecular formula is C30H31F3N6O2. The van der Waals surface area contributed by atoms with Crippen LogP contribution in [0.1, 0.15) is 23.6 Å². The van der Waals surface area contributed by atoms with Gasteiger partial charge >= 0.3 is 6.18 Å². The molecule has 6 rings (SSSR count). The lowest BCUT2D eigenvalue weighted by Gasteiger charge is -2.43. The number of benzene rings is 2. The van der Waals surface area contributed by atoms with Gasteiger partial charge in [-0.05, 0) is 60.9 Å². The molecule has 2 aliphatic rings. The Morgan fingerprint density at radius 2 is 1.88 bits per heavy atom. The number of nitrogens with zero attached hydrogens (tertiary/aromatic N) is 6. The first-order chi connectivity index (χ1) is 19.7. The van der Waals surface area contributed by atoms with Gasteiger partial charge < -0.3 is 24.0 Å². The quantitative estimate of drug-likeness (QED) is 0.348. The van der Waals surface area contributed by atoms with Crippen LogP contribution in [-0.2, 0) is 30.5 Å². The van der Waals surface area contributed by atoms with Crippen molar-refractivity contribution in [2.75, 3.05) is 43.1 Å². The van der Waals surface area contributed by atoms with Crippen molar-refractivity contribution in [1.29, 1.82) is 0 Å². The van der Waals surface area contributed by atoms with E-state index in [0.717, 1.165) is 16.9 Å². The Kier molecular flexibility index (Phi) is 6.96. The highest BCUT2D eigenvalue weighted by molar-refractivity contribution is 5.79. The molecule has 0 saturated carbocycles. The van der Waals surface area contributed by atoms with Gasteiger partial charge in [-0.15, -0.1) is 0 Å². The first kappa shape index (κ1) is 26.9. The zero-order chi connectivity index (χ0) is 28.7. The first-order valence-electron chi connectivity index (χ1n) is 13.6. The average molecular weight is 565 g/mol. The van der Waals surface area contributed by atoms with Gasteiger partial charge in [-0.3, -0.25) is 4.79 Å². The molecule has 0 unspecified atom stereocenters. The maximum Gasteiger partial charge on any atom is 0.416 e. The Hall–Kier alpha value is -4.28. The van der Waals surface area contributed by atoms with Crippen LogP contribution in [0.3, 0.4) is 0 Å². The third-order valence-corrected chi connectivity index (χ3v) is 8.08. The normalized spacial score (nSPS) is 17.6. The molecule has 0 N–H and O–H groups in total. The predicted octanol–water partition coefficient (Wildman–Crippen LogP) is 4.76. The minimum atomic E-state index is -4.43. The molecule has 2 aliphatic heterocycles. The molecule has 0 radical (unpaired) electrons. The van der Waals surface area contributed by atoms with Crippen LogP contribution in [0.5, 0.6) is 5.75 Å². The molecule has 8 nitrogen and oxygen atoms in total. The minimum absolute atomic E-state index is 0.0410. The van der Waals surface area contributed by atoms with Crippen molar-refractivity contribution in [1.82, 2.24) is 19.4 Å². The summed E-state index contributed by atoms with van der Waals surface area (Å²) >= 11 is 0. The standard InChI is InChI=1S/C30H31F3N6O2/c1-20-16-37(13-14-39(20)28(40)18-38-19-35-26-7-4-11-34-29(26)38)27-9-8-25(30(31,32)33)23-10-12-36(17-24(23)27)21-5-3-6-22(15-21)41-2/h3-9,11,15,19-20H,10,12-14,16-18H2,1-2H3/t20-/m1/s1. The van der Waals surface area contributed by atoms with Crippen LogP contribution >= 0.6 is 0 Å². The molecule has 214 valence electrons. The van der Waals surface area contributed by atoms with Gasteiger partial charge in [0.05, 0.1) is 19.0 Å². The van der Waals surface area contributed by atoms with E-state index in [1.807, 2.05) is 42.2 Å². The van der Waals surface area contributed by atoms with E-state index >= 15 is 0 Å². The van der Waals surface area contributed by atoms with Crippen molar-refractivity contribution >= 4 is 28.4 Å². The predicted molar refractivity (Wildman–Crippen MR) is 150 cm³/mol. The molecule has 1 atom stereocenters. The number of ether oxygens (including phenoxy) is 1. The summed E-state index contributed by atoms with van der Waals surface area (Å²) in [4.78, 5) is 28.0. The number of hydrogen-bond acceptors (Lipinski definition) is 6. The maximum absolute atomic E-state index is 14.0. The van der Waals surface area contributed by atoms with Gasteiger partial charge in [0.1, 0.15) is 17.8 Å². The molecule has 1 amide bonds. The molecule has 0 spiro atoms. The molecule has 2 aromatic heterocycles. The molecule has 4 aromatic rings. The third-order valence-electron chi connectivity index (χ3n) is 8.08. The molecule has 1 fully saturated rings. The van der Waals surface area contributed by atoms with Crippen LogP contribution in [0, 0.1) is 0 Å². The van der Waals surface area contributed by atoms with Gasteiger partial charge in [0.25, 0.3) is 0 Å². The summed E-state index contributed by atoms with van der Waals surface area (Å²) in [5.41, 5.74) is 3.58. The summed E-state index contributed by atoms with van der Waals surface area (Å²) in [6.45, 7) is 4.45. The largest absolute Gasteiger partial charge is 0.497 e. The van der Waals surface area contributed by atoms with Crippen molar-refractivity contribution in [3.63, 3.8) is 0 Å². The van der Waals surface area contributed by atoms with Crippen molar-refractivity contribution in [3.05, 3.63) is 77.7 Å². The van der Waals surface area contributed by atoms with E-state index < -0.39 is 11.7 Å². The smallest absolute Gasteiger partial charge is 0.416 e. The fourth-order valence-corrected chi connectivity index (χ4v) is 6.05. The van der Waals surface area contributed by atoms with Gasteiger partial charge in [-0.1, -0.05) is 6.07 Å². The number of methoxy groups -OCH3 is 1. The monoisotopic (exact) mass is 564 g/mol. The first-order valence-corrected chi connectivity index (χ1v) is 13.6. The third kappa shape index (κ3) is 5.16. The number of hydrogen-bond donors (Lipinski definition) is 0. The number of anilines is 2. The summed E-state index contributed by atoms with van der Waals surface area (Å²) in [6.07, 6.45) is -0.840. The second-order valence-electron chi connectivity index (χ2n) is 10.6. The van der Waals surface area contributed by atoms with Crippen LogP contribution in [-0.4, -0.2) is 64.7 Å². The van der Waals surface area contributed by atoms with E-state index in [0.29, 0.717) is 55.2 Å². The van der Waals surface area contributed by atoms with Crippen molar-refractivity contribution in [2.24, 2.45) is 0 Å². The minimum Gasteiger partial charge on any atom is -0.497 e. The summed E-state index contributed by atoms with van der Waals surface area (Å²) < 4.78 is 49.2. The molecule has 1 saturated heterocycles. The van der Waals surface area contributed by atoms with Crippen molar-refractivity contribution < 1.29 is 22.7 Å². The Bertz CT molecular complexity index is 1590. The Balaban J connectivity index is 1.24. The lowest BCUT2D eigenvalue weighted by molar-refractivity contribution is -0.138. The van der Waals surface area contributed by atoms with Crippen LogP contribution in [0.15, 0.2) is 61.1 Å². The molecule has 2 aromatic carbocycles. The summed E-state index contributed by atoms with van der Waals surface area (Å²) in [7, 11) is 1.60. The number of amides is 1. The van der Waals surface area contributed by atoms with Gasteiger partial charge in [0.15, 0.2) is 5.65 Å². The number of pyridine rings is 1. The fourth-order valence-electron chi connectivity index (χ4n) is 6.05. The number of carbonyl (C=O) groups excluding carboxylic acids is 1. The van der Waals surface area contributed by atoms with Crippen molar-refractivity contribution in [3.8, 4) is 5.75 Å². The van der Waals surface area contributed by atoms with Crippen LogP contribution in [0.4, 0.5) is 24.5 Å². The topological polar surface area (TPSA) is 66.7 Å². The molecule has 0 aliphatic carbocycles. The number of imidazole rings is 1. The van der Waals surface area contributed by atoms with E-state index in [2.05, 4.69) is 19.8 Å². The fraction of sp³-hybridized carbons (Fsp3) is 0.367. The number of piperazine rings is 1. The lowest BCUT2D eigenvalue weighted by Crippen LogP contribution is -2.55. The summed E-state index contributed by atoms with van der Waals surface area (Å²) in [5, 5.41) is 0. The molecule has 11 heteroatoms. The number of alkyl halides is 3. The lowest BCUT2D eigenvalue weighted by atomic mass is 9.91. The number of fused-ring (bicyclic) bond motifs is 2. The van der Waals surface area contributed by atoms with E-state index in [1.54, 1.807) is 36.3 Å². The molecule has 4 heterocycles. The molecule has 41 heavy (non-hydrogen) atoms. The van der Waals surface area contributed by atoms with Gasteiger partial charge in [0.2, 0.25) is 5.91 Å². The van der Waals surface area contributed by atoms with E-state index in [9.17, 15) is 18.0 Å². The highest BCUT2D eigenvalue weighted by Crippen LogP contribution is 2.41. The zero-order valence-corrected chi connectivity index (χ0v) is 22.9. The molecule has 0 bridgehead atoms. The van der Waals surface area contributed by atoms with Gasteiger partial charge in [0, 0.05) is 62.4 Å². The van der Waals surface area contributed by atoms with Crippen LogP contribution in [0.25, 0.3) is 11.2 Å². The van der Waals surface area contributed by atoms with Crippen LogP contribution < -0.4 is 14.5 Å². The van der Waals surface area contributed by atoms with Crippen molar-refractivity contribution in [2.45, 2.75) is 38.7 Å². The summed E-state index contributed by atoms with van der Waals surface area (Å²) in [6, 6.07) is 13.9. The number of halogens is 3. The highest BCUT2D eigenvalue weighted by atomic mass is 19.4. The zero-order valence-electron chi connectivity index (χ0n) is 22.9. The second kappa shape index (κ2) is 10.6. The Morgan fingerprint density at radius 3 is 2.66 bits per heavy atom. The van der Waals surface area contributed by atoms with Crippen LogP contribution in [0.2, 0.25) is 0 Å². The SMILES string of the molecule is COc1cccc(N2CCc3c(C(F)(F)F)ccc(N4CCN(C(=O)Cn5cnc6cccnc65)[C@H](C)C4)c3C2)c1. The highest BCUT2D eigenvalue weighted by Gasteiger charge is 2.38.